The van der Waals surface area contributed by atoms with Crippen molar-refractivity contribution in [2.24, 2.45) is 7.05 Å². The summed E-state index contributed by atoms with van der Waals surface area (Å²) in [6.45, 7) is 2.57. The van der Waals surface area contributed by atoms with Crippen LogP contribution in [0.15, 0.2) is 51.7 Å². The Hall–Kier alpha value is -2.82. The van der Waals surface area contributed by atoms with E-state index in [1.165, 1.54) is 10.1 Å². The number of aromatic nitrogens is 1. The van der Waals surface area contributed by atoms with Gasteiger partial charge in [-0.2, -0.15) is 0 Å². The van der Waals surface area contributed by atoms with Gasteiger partial charge in [0.25, 0.3) is 0 Å². The minimum absolute atomic E-state index is 0.00572. The summed E-state index contributed by atoms with van der Waals surface area (Å²) in [5, 5.41) is 2.92. The standard InChI is InChI=1S/C19H20N2O3/c1-13-3-5-14(6-4-13)12-18(22)20-10-9-15-7-8-16-17(11-15)24-19(23)21(16)2/h3-8,11H,9-10,12H2,1-2H3,(H,20,22). The molecule has 124 valence electrons. The molecule has 1 heterocycles. The van der Waals surface area contributed by atoms with Crippen molar-refractivity contribution in [1.29, 1.82) is 0 Å². The van der Waals surface area contributed by atoms with Crippen molar-refractivity contribution in [2.45, 2.75) is 19.8 Å². The first-order valence-corrected chi connectivity index (χ1v) is 7.93. The summed E-state index contributed by atoms with van der Waals surface area (Å²) < 4.78 is 6.65. The van der Waals surface area contributed by atoms with E-state index < -0.39 is 0 Å². The number of benzene rings is 2. The Morgan fingerprint density at radius 1 is 1.12 bits per heavy atom. The minimum atomic E-state index is -0.367. The lowest BCUT2D eigenvalue weighted by Gasteiger charge is -2.06. The average Bonchev–Trinajstić information content (AvgIpc) is 2.84. The minimum Gasteiger partial charge on any atom is -0.408 e. The van der Waals surface area contributed by atoms with E-state index in [4.69, 9.17) is 4.42 Å². The van der Waals surface area contributed by atoms with Gasteiger partial charge in [-0.3, -0.25) is 9.36 Å². The van der Waals surface area contributed by atoms with E-state index >= 15 is 0 Å². The third-order valence-corrected chi connectivity index (χ3v) is 4.08. The number of amides is 1. The second-order valence-electron chi connectivity index (χ2n) is 5.99. The maximum Gasteiger partial charge on any atom is 0.419 e. The number of rotatable bonds is 5. The zero-order valence-electron chi connectivity index (χ0n) is 13.8. The maximum atomic E-state index is 12.0. The van der Waals surface area contributed by atoms with Gasteiger partial charge >= 0.3 is 5.76 Å². The molecule has 0 radical (unpaired) electrons. The van der Waals surface area contributed by atoms with Crippen LogP contribution in [0.25, 0.3) is 11.1 Å². The molecule has 2 aromatic carbocycles. The molecule has 0 aliphatic rings. The predicted molar refractivity (Wildman–Crippen MR) is 93.1 cm³/mol. The van der Waals surface area contributed by atoms with E-state index in [-0.39, 0.29) is 11.7 Å². The lowest BCUT2D eigenvalue weighted by Crippen LogP contribution is -2.27. The van der Waals surface area contributed by atoms with Crippen LogP contribution in [0.1, 0.15) is 16.7 Å². The molecule has 0 fully saturated rings. The highest BCUT2D eigenvalue weighted by Crippen LogP contribution is 2.14. The van der Waals surface area contributed by atoms with Gasteiger partial charge in [0.15, 0.2) is 5.58 Å². The second kappa shape index (κ2) is 6.74. The highest BCUT2D eigenvalue weighted by atomic mass is 16.4. The average molecular weight is 324 g/mol. The van der Waals surface area contributed by atoms with Crippen LogP contribution < -0.4 is 11.1 Å². The third kappa shape index (κ3) is 3.56. The van der Waals surface area contributed by atoms with Crippen molar-refractivity contribution < 1.29 is 9.21 Å². The van der Waals surface area contributed by atoms with Crippen molar-refractivity contribution in [1.82, 2.24) is 9.88 Å². The van der Waals surface area contributed by atoms with Crippen molar-refractivity contribution in [3.8, 4) is 0 Å². The number of carbonyl (C=O) groups excluding carboxylic acids is 1. The van der Waals surface area contributed by atoms with Crippen LogP contribution in [0.5, 0.6) is 0 Å². The summed E-state index contributed by atoms with van der Waals surface area (Å²) in [6.07, 6.45) is 1.07. The fourth-order valence-electron chi connectivity index (χ4n) is 2.63. The molecule has 1 aromatic heterocycles. The van der Waals surface area contributed by atoms with Crippen LogP contribution in [0.2, 0.25) is 0 Å². The number of carbonyl (C=O) groups is 1. The number of hydrogen-bond acceptors (Lipinski definition) is 3. The lowest BCUT2D eigenvalue weighted by atomic mass is 10.1. The number of aryl methyl sites for hydroxylation is 2. The van der Waals surface area contributed by atoms with Crippen LogP contribution in [0.3, 0.4) is 0 Å². The molecule has 3 rings (SSSR count). The number of hydrogen-bond donors (Lipinski definition) is 1. The SMILES string of the molecule is Cc1ccc(CC(=O)NCCc2ccc3c(c2)oc(=O)n3C)cc1. The molecule has 0 aliphatic heterocycles. The summed E-state index contributed by atoms with van der Waals surface area (Å²) in [7, 11) is 1.68. The Kier molecular flexibility index (Phi) is 4.51. The van der Waals surface area contributed by atoms with E-state index in [9.17, 15) is 9.59 Å². The van der Waals surface area contributed by atoms with Gasteiger partial charge in [-0.05, 0) is 36.6 Å². The number of nitrogens with one attached hydrogen (secondary N) is 1. The Bertz CT molecular complexity index is 920. The van der Waals surface area contributed by atoms with Gasteiger partial charge in [0.2, 0.25) is 5.91 Å². The first-order chi connectivity index (χ1) is 11.5. The Balaban J connectivity index is 1.55. The zero-order valence-corrected chi connectivity index (χ0v) is 13.8. The van der Waals surface area contributed by atoms with Gasteiger partial charge in [-0.25, -0.2) is 4.79 Å². The molecule has 5 nitrogen and oxygen atoms in total. The van der Waals surface area contributed by atoms with Gasteiger partial charge in [-0.15, -0.1) is 0 Å². The maximum absolute atomic E-state index is 12.0. The predicted octanol–water partition coefficient (Wildman–Crippen LogP) is 2.34. The first kappa shape index (κ1) is 16.1. The van der Waals surface area contributed by atoms with E-state index in [0.717, 1.165) is 16.6 Å². The molecule has 0 aliphatic carbocycles. The zero-order chi connectivity index (χ0) is 17.1. The number of fused-ring (bicyclic) bond motifs is 1. The Morgan fingerprint density at radius 2 is 1.83 bits per heavy atom. The van der Waals surface area contributed by atoms with Crippen LogP contribution in [0.4, 0.5) is 0 Å². The summed E-state index contributed by atoms with van der Waals surface area (Å²) in [5.41, 5.74) is 4.55. The highest BCUT2D eigenvalue weighted by Gasteiger charge is 2.07. The molecule has 24 heavy (non-hydrogen) atoms. The van der Waals surface area contributed by atoms with E-state index in [2.05, 4.69) is 5.32 Å². The topological polar surface area (TPSA) is 64.2 Å². The summed E-state index contributed by atoms with van der Waals surface area (Å²) in [4.78, 5) is 23.5. The molecular formula is C19H20N2O3. The summed E-state index contributed by atoms with van der Waals surface area (Å²) in [5.74, 6) is -0.361. The van der Waals surface area contributed by atoms with Gasteiger partial charge in [0.1, 0.15) is 0 Å². The normalized spacial score (nSPS) is 10.9. The van der Waals surface area contributed by atoms with Gasteiger partial charge in [0.05, 0.1) is 11.9 Å². The fourth-order valence-corrected chi connectivity index (χ4v) is 2.63. The fraction of sp³-hybridized carbons (Fsp3) is 0.263. The van der Waals surface area contributed by atoms with Crippen LogP contribution in [0, 0.1) is 6.92 Å². The Morgan fingerprint density at radius 3 is 2.58 bits per heavy atom. The molecule has 0 saturated heterocycles. The molecule has 5 heteroatoms. The molecule has 0 atom stereocenters. The molecular weight excluding hydrogens is 304 g/mol. The van der Waals surface area contributed by atoms with Gasteiger partial charge < -0.3 is 9.73 Å². The van der Waals surface area contributed by atoms with Crippen LogP contribution in [-0.2, 0) is 24.7 Å². The molecule has 0 spiro atoms. The smallest absolute Gasteiger partial charge is 0.408 e. The lowest BCUT2D eigenvalue weighted by molar-refractivity contribution is -0.120. The molecule has 1 N–H and O–H groups in total. The third-order valence-electron chi connectivity index (χ3n) is 4.08. The van der Waals surface area contributed by atoms with Crippen molar-refractivity contribution in [2.75, 3.05) is 6.54 Å². The summed E-state index contributed by atoms with van der Waals surface area (Å²) >= 11 is 0. The Labute approximate surface area is 139 Å². The van der Waals surface area contributed by atoms with Gasteiger partial charge in [0, 0.05) is 13.6 Å². The van der Waals surface area contributed by atoms with E-state index in [1.807, 2.05) is 49.4 Å². The number of oxazole rings is 1. The molecule has 3 aromatic rings. The highest BCUT2D eigenvalue weighted by molar-refractivity contribution is 5.78. The van der Waals surface area contributed by atoms with Gasteiger partial charge in [-0.1, -0.05) is 35.9 Å². The number of nitrogens with zero attached hydrogens (tertiary/aromatic N) is 1. The molecule has 1 amide bonds. The van der Waals surface area contributed by atoms with Crippen molar-refractivity contribution in [3.05, 3.63) is 69.7 Å². The molecule has 0 saturated carbocycles. The largest absolute Gasteiger partial charge is 0.419 e. The van der Waals surface area contributed by atoms with Crippen LogP contribution in [-0.4, -0.2) is 17.0 Å². The molecule has 0 bridgehead atoms. The first-order valence-electron chi connectivity index (χ1n) is 7.93. The second-order valence-corrected chi connectivity index (χ2v) is 5.99. The monoisotopic (exact) mass is 324 g/mol. The van der Waals surface area contributed by atoms with Crippen molar-refractivity contribution in [3.63, 3.8) is 0 Å². The van der Waals surface area contributed by atoms with Crippen LogP contribution >= 0.6 is 0 Å². The van der Waals surface area contributed by atoms with E-state index in [0.29, 0.717) is 25.0 Å². The van der Waals surface area contributed by atoms with Crippen molar-refractivity contribution >= 4 is 17.0 Å². The quantitative estimate of drug-likeness (QED) is 0.783. The van der Waals surface area contributed by atoms with E-state index in [1.54, 1.807) is 7.05 Å². The molecule has 0 unspecified atom stereocenters. The summed E-state index contributed by atoms with van der Waals surface area (Å²) in [6, 6.07) is 13.6.